The first-order chi connectivity index (χ1) is 10.1. The standard InChI is InChI=1S/C16H31N5.HI/c1-5-18-16(20-15(4)8-7-14(2)3)19-9-6-11-21-12-10-17-13-21;/h10,12-15H,5-9,11H2,1-4H3,(H2,18,19,20);1H. The van der Waals surface area contributed by atoms with Gasteiger partial charge in [-0.25, -0.2) is 4.98 Å². The molecule has 0 aliphatic carbocycles. The van der Waals surface area contributed by atoms with E-state index in [-0.39, 0.29) is 24.0 Å². The molecule has 1 heterocycles. The maximum atomic E-state index is 4.64. The highest BCUT2D eigenvalue weighted by molar-refractivity contribution is 14.0. The van der Waals surface area contributed by atoms with Crippen LogP contribution in [0, 0.1) is 5.92 Å². The van der Waals surface area contributed by atoms with Gasteiger partial charge in [0.15, 0.2) is 5.96 Å². The van der Waals surface area contributed by atoms with E-state index in [1.54, 1.807) is 0 Å². The first-order valence-corrected chi connectivity index (χ1v) is 8.12. The third kappa shape index (κ3) is 10.0. The van der Waals surface area contributed by atoms with Crippen molar-refractivity contribution >= 4 is 29.9 Å². The minimum atomic E-state index is 0. The van der Waals surface area contributed by atoms with E-state index < -0.39 is 0 Å². The van der Waals surface area contributed by atoms with E-state index in [1.165, 1.54) is 12.8 Å². The molecular weight excluding hydrogens is 389 g/mol. The van der Waals surface area contributed by atoms with Crippen LogP contribution in [0.5, 0.6) is 0 Å². The van der Waals surface area contributed by atoms with Crippen LogP contribution in [0.25, 0.3) is 0 Å². The van der Waals surface area contributed by atoms with Crippen molar-refractivity contribution in [3.63, 3.8) is 0 Å². The van der Waals surface area contributed by atoms with Crippen LogP contribution in [0.15, 0.2) is 23.7 Å². The van der Waals surface area contributed by atoms with Crippen LogP contribution in [0.3, 0.4) is 0 Å². The summed E-state index contributed by atoms with van der Waals surface area (Å²) in [6, 6.07) is 0.457. The molecule has 0 radical (unpaired) electrons. The number of rotatable bonds is 9. The Bertz CT molecular complexity index is 389. The Hall–Kier alpha value is -0.790. The lowest BCUT2D eigenvalue weighted by molar-refractivity contribution is 0.489. The van der Waals surface area contributed by atoms with Gasteiger partial charge in [0.05, 0.1) is 6.33 Å². The van der Waals surface area contributed by atoms with Gasteiger partial charge in [0, 0.05) is 38.1 Å². The first-order valence-electron chi connectivity index (χ1n) is 8.12. The smallest absolute Gasteiger partial charge is 0.191 e. The zero-order valence-corrected chi connectivity index (χ0v) is 16.7. The minimum Gasteiger partial charge on any atom is -0.357 e. The number of aromatic nitrogens is 2. The Morgan fingerprint density at radius 2 is 2.05 bits per heavy atom. The fraction of sp³-hybridized carbons (Fsp3) is 0.750. The molecule has 0 aliphatic rings. The zero-order valence-electron chi connectivity index (χ0n) is 14.4. The van der Waals surface area contributed by atoms with Gasteiger partial charge in [0.2, 0.25) is 0 Å². The lowest BCUT2D eigenvalue weighted by Gasteiger charge is -2.18. The summed E-state index contributed by atoms with van der Waals surface area (Å²) >= 11 is 0. The highest BCUT2D eigenvalue weighted by Crippen LogP contribution is 2.06. The van der Waals surface area contributed by atoms with Gasteiger partial charge in [0.25, 0.3) is 0 Å². The molecule has 0 saturated carbocycles. The van der Waals surface area contributed by atoms with Crippen molar-refractivity contribution in [2.24, 2.45) is 10.9 Å². The Morgan fingerprint density at radius 3 is 2.64 bits per heavy atom. The fourth-order valence-electron chi connectivity index (χ4n) is 2.07. The normalized spacial score (nSPS) is 12.9. The fourth-order valence-corrected chi connectivity index (χ4v) is 2.07. The summed E-state index contributed by atoms with van der Waals surface area (Å²) in [6.45, 7) is 11.5. The molecule has 1 aromatic rings. The van der Waals surface area contributed by atoms with Gasteiger partial charge in [-0.2, -0.15) is 0 Å². The SMILES string of the molecule is CCNC(=NCCCn1ccnc1)NC(C)CCC(C)C.I. The summed E-state index contributed by atoms with van der Waals surface area (Å²) in [5.74, 6) is 1.68. The van der Waals surface area contributed by atoms with Crippen LogP contribution >= 0.6 is 24.0 Å². The van der Waals surface area contributed by atoms with Crippen molar-refractivity contribution in [3.8, 4) is 0 Å². The Labute approximate surface area is 152 Å². The molecule has 0 bridgehead atoms. The predicted octanol–water partition coefficient (Wildman–Crippen LogP) is 3.27. The molecule has 0 aromatic carbocycles. The second-order valence-corrected chi connectivity index (χ2v) is 5.93. The summed E-state index contributed by atoms with van der Waals surface area (Å²) in [4.78, 5) is 8.68. The first kappa shape index (κ1) is 21.2. The van der Waals surface area contributed by atoms with Crippen molar-refractivity contribution < 1.29 is 0 Å². The monoisotopic (exact) mass is 421 g/mol. The van der Waals surface area contributed by atoms with E-state index in [0.717, 1.165) is 37.9 Å². The van der Waals surface area contributed by atoms with E-state index in [0.29, 0.717) is 6.04 Å². The molecule has 1 atom stereocenters. The summed E-state index contributed by atoms with van der Waals surface area (Å²) in [7, 11) is 0. The van der Waals surface area contributed by atoms with Gasteiger partial charge in [-0.05, 0) is 39.0 Å². The molecule has 22 heavy (non-hydrogen) atoms. The van der Waals surface area contributed by atoms with Gasteiger partial charge in [-0.15, -0.1) is 24.0 Å². The summed E-state index contributed by atoms with van der Waals surface area (Å²) in [5, 5.41) is 6.80. The molecule has 2 N–H and O–H groups in total. The van der Waals surface area contributed by atoms with Gasteiger partial charge >= 0.3 is 0 Å². The van der Waals surface area contributed by atoms with Gasteiger partial charge in [0.1, 0.15) is 0 Å². The van der Waals surface area contributed by atoms with E-state index in [1.807, 2.05) is 18.7 Å². The van der Waals surface area contributed by atoms with Crippen molar-refractivity contribution in [2.45, 2.75) is 59.5 Å². The number of nitrogens with zero attached hydrogens (tertiary/aromatic N) is 3. The molecule has 1 aromatic heterocycles. The Morgan fingerprint density at radius 1 is 1.27 bits per heavy atom. The van der Waals surface area contributed by atoms with E-state index in [9.17, 15) is 0 Å². The summed E-state index contributed by atoms with van der Waals surface area (Å²) < 4.78 is 2.08. The minimum absolute atomic E-state index is 0. The van der Waals surface area contributed by atoms with Crippen molar-refractivity contribution in [1.29, 1.82) is 0 Å². The highest BCUT2D eigenvalue weighted by atomic mass is 127. The quantitative estimate of drug-likeness (QED) is 0.279. The maximum Gasteiger partial charge on any atom is 0.191 e. The van der Waals surface area contributed by atoms with Crippen molar-refractivity contribution in [2.75, 3.05) is 13.1 Å². The number of halogens is 1. The van der Waals surface area contributed by atoms with Gasteiger partial charge in [-0.3, -0.25) is 4.99 Å². The molecule has 0 spiro atoms. The molecule has 5 nitrogen and oxygen atoms in total. The Kier molecular flexibility index (Phi) is 12.3. The molecule has 1 unspecified atom stereocenters. The van der Waals surface area contributed by atoms with Crippen molar-refractivity contribution in [3.05, 3.63) is 18.7 Å². The number of nitrogens with one attached hydrogen (secondary N) is 2. The highest BCUT2D eigenvalue weighted by Gasteiger charge is 2.06. The average Bonchev–Trinajstić information content (AvgIpc) is 2.94. The van der Waals surface area contributed by atoms with Crippen LogP contribution in [0.4, 0.5) is 0 Å². The van der Waals surface area contributed by atoms with Crippen LogP contribution in [0.1, 0.15) is 47.0 Å². The molecule has 0 fully saturated rings. The Balaban J connectivity index is 0.00000441. The third-order valence-corrected chi connectivity index (χ3v) is 3.31. The van der Waals surface area contributed by atoms with Crippen LogP contribution in [-0.2, 0) is 6.54 Å². The summed E-state index contributed by atoms with van der Waals surface area (Å²) in [6.07, 6.45) is 9.09. The van der Waals surface area contributed by atoms with E-state index in [4.69, 9.17) is 0 Å². The average molecular weight is 421 g/mol. The third-order valence-electron chi connectivity index (χ3n) is 3.31. The molecule has 0 saturated heterocycles. The number of imidazole rings is 1. The molecule has 128 valence electrons. The van der Waals surface area contributed by atoms with Gasteiger partial charge in [-0.1, -0.05) is 13.8 Å². The van der Waals surface area contributed by atoms with Crippen molar-refractivity contribution in [1.82, 2.24) is 20.2 Å². The van der Waals surface area contributed by atoms with E-state index >= 15 is 0 Å². The lowest BCUT2D eigenvalue weighted by Crippen LogP contribution is -2.42. The van der Waals surface area contributed by atoms with Gasteiger partial charge < -0.3 is 15.2 Å². The zero-order chi connectivity index (χ0) is 15.5. The second-order valence-electron chi connectivity index (χ2n) is 5.93. The molecule has 6 heteroatoms. The van der Waals surface area contributed by atoms with Crippen LogP contribution < -0.4 is 10.6 Å². The van der Waals surface area contributed by atoms with Crippen LogP contribution in [-0.4, -0.2) is 34.6 Å². The predicted molar refractivity (Wildman–Crippen MR) is 105 cm³/mol. The topological polar surface area (TPSA) is 54.2 Å². The number of guanidine groups is 1. The second kappa shape index (κ2) is 12.7. The number of hydrogen-bond donors (Lipinski definition) is 2. The largest absolute Gasteiger partial charge is 0.357 e. The molecule has 1 rings (SSSR count). The molecule has 0 aliphatic heterocycles. The number of hydrogen-bond acceptors (Lipinski definition) is 2. The number of aliphatic imine (C=N–C) groups is 1. The summed E-state index contributed by atoms with van der Waals surface area (Å²) in [5.41, 5.74) is 0. The molecule has 0 amide bonds. The lowest BCUT2D eigenvalue weighted by atomic mass is 10.0. The molecular formula is C16H32IN5. The van der Waals surface area contributed by atoms with Crippen LogP contribution in [0.2, 0.25) is 0 Å². The number of aryl methyl sites for hydroxylation is 1. The maximum absolute atomic E-state index is 4.64. The van der Waals surface area contributed by atoms with E-state index in [2.05, 4.69) is 52.9 Å².